The molecule has 0 saturated heterocycles. The molecule has 22 heavy (non-hydrogen) atoms. The fraction of sp³-hybridized carbons (Fsp3) is 0.235. The summed E-state index contributed by atoms with van der Waals surface area (Å²) in [4.78, 5) is 14.2. The zero-order chi connectivity index (χ0) is 16.1. The van der Waals surface area contributed by atoms with Crippen LogP contribution < -0.4 is 9.47 Å². The molecule has 0 heterocycles. The van der Waals surface area contributed by atoms with Crippen molar-refractivity contribution in [1.82, 2.24) is 4.90 Å². The van der Waals surface area contributed by atoms with Gasteiger partial charge in [-0.2, -0.15) is 0 Å². The minimum Gasteiger partial charge on any atom is -0.493 e. The lowest BCUT2D eigenvalue weighted by molar-refractivity contribution is 0.0784. The lowest BCUT2D eigenvalue weighted by Crippen LogP contribution is -2.26. The highest BCUT2D eigenvalue weighted by molar-refractivity contribution is 9.10. The number of hydrogen-bond acceptors (Lipinski definition) is 3. The maximum atomic E-state index is 12.5. The molecule has 116 valence electrons. The summed E-state index contributed by atoms with van der Waals surface area (Å²) in [6, 6.07) is 13.1. The van der Waals surface area contributed by atoms with Crippen molar-refractivity contribution in [3.8, 4) is 11.5 Å². The van der Waals surface area contributed by atoms with Crippen molar-refractivity contribution in [3.05, 3.63) is 58.1 Å². The lowest BCUT2D eigenvalue weighted by Gasteiger charge is -2.18. The van der Waals surface area contributed by atoms with Gasteiger partial charge in [0.1, 0.15) is 0 Å². The molecule has 0 aliphatic heterocycles. The van der Waals surface area contributed by atoms with Gasteiger partial charge in [-0.3, -0.25) is 4.79 Å². The lowest BCUT2D eigenvalue weighted by atomic mass is 10.1. The van der Waals surface area contributed by atoms with E-state index in [9.17, 15) is 4.79 Å². The topological polar surface area (TPSA) is 38.8 Å². The molecule has 0 N–H and O–H groups in total. The summed E-state index contributed by atoms with van der Waals surface area (Å²) in [6.45, 7) is 0.542. The Bertz CT molecular complexity index is 655. The highest BCUT2D eigenvalue weighted by Gasteiger charge is 2.15. The number of halogens is 1. The molecule has 0 aliphatic carbocycles. The number of carbonyl (C=O) groups excluding carboxylic acids is 1. The second-order valence-electron chi connectivity index (χ2n) is 4.86. The van der Waals surface area contributed by atoms with Gasteiger partial charge in [0.25, 0.3) is 5.91 Å². The first-order valence-corrected chi connectivity index (χ1v) is 7.56. The van der Waals surface area contributed by atoms with Crippen molar-refractivity contribution in [1.29, 1.82) is 0 Å². The summed E-state index contributed by atoms with van der Waals surface area (Å²) in [5.74, 6) is 1.09. The average Bonchev–Trinajstić information content (AvgIpc) is 2.55. The Labute approximate surface area is 138 Å². The van der Waals surface area contributed by atoms with Gasteiger partial charge in [0, 0.05) is 23.6 Å². The van der Waals surface area contributed by atoms with E-state index in [-0.39, 0.29) is 5.91 Å². The maximum Gasteiger partial charge on any atom is 0.254 e. The van der Waals surface area contributed by atoms with Crippen molar-refractivity contribution in [2.75, 3.05) is 21.3 Å². The normalized spacial score (nSPS) is 10.2. The van der Waals surface area contributed by atoms with Crippen LogP contribution in [0.25, 0.3) is 0 Å². The summed E-state index contributed by atoms with van der Waals surface area (Å²) in [7, 11) is 4.90. The van der Waals surface area contributed by atoms with Crippen LogP contribution in [0.2, 0.25) is 0 Å². The van der Waals surface area contributed by atoms with E-state index >= 15 is 0 Å². The Balaban J connectivity index is 2.14. The fourth-order valence-electron chi connectivity index (χ4n) is 2.13. The Morgan fingerprint density at radius 2 is 1.68 bits per heavy atom. The molecule has 0 fully saturated rings. The van der Waals surface area contributed by atoms with Gasteiger partial charge in [0.2, 0.25) is 0 Å². The third kappa shape index (κ3) is 3.80. The maximum absolute atomic E-state index is 12.5. The number of ether oxygens (including phenoxy) is 2. The van der Waals surface area contributed by atoms with Crippen LogP contribution in [0.15, 0.2) is 46.9 Å². The molecule has 2 rings (SSSR count). The van der Waals surface area contributed by atoms with Crippen molar-refractivity contribution in [2.24, 2.45) is 0 Å². The molecule has 1 amide bonds. The van der Waals surface area contributed by atoms with Crippen LogP contribution >= 0.6 is 15.9 Å². The molecular formula is C17H18BrNO3. The summed E-state index contributed by atoms with van der Waals surface area (Å²) in [5, 5.41) is 0. The van der Waals surface area contributed by atoms with E-state index < -0.39 is 0 Å². The zero-order valence-electron chi connectivity index (χ0n) is 12.8. The van der Waals surface area contributed by atoms with E-state index in [1.165, 1.54) is 0 Å². The molecule has 0 saturated carbocycles. The minimum atomic E-state index is -0.0659. The first kappa shape index (κ1) is 16.4. The standard InChI is InChI=1S/C17H18BrNO3/c1-19(11-12-4-7-14(18)8-5-12)17(20)13-6-9-15(21-2)16(10-13)22-3/h4-10H,11H2,1-3H3. The van der Waals surface area contributed by atoms with Gasteiger partial charge in [-0.25, -0.2) is 0 Å². The van der Waals surface area contributed by atoms with Gasteiger partial charge < -0.3 is 14.4 Å². The molecule has 0 aliphatic rings. The summed E-state index contributed by atoms with van der Waals surface area (Å²) >= 11 is 3.40. The quantitative estimate of drug-likeness (QED) is 0.812. The van der Waals surface area contributed by atoms with E-state index in [1.807, 2.05) is 24.3 Å². The molecule has 0 atom stereocenters. The Morgan fingerprint density at radius 1 is 1.05 bits per heavy atom. The van der Waals surface area contributed by atoms with Crippen molar-refractivity contribution in [3.63, 3.8) is 0 Å². The number of benzene rings is 2. The van der Waals surface area contributed by atoms with Crippen LogP contribution in [0, 0.1) is 0 Å². The third-order valence-electron chi connectivity index (χ3n) is 3.31. The number of carbonyl (C=O) groups is 1. The third-order valence-corrected chi connectivity index (χ3v) is 3.84. The zero-order valence-corrected chi connectivity index (χ0v) is 14.4. The van der Waals surface area contributed by atoms with Gasteiger partial charge in [0.15, 0.2) is 11.5 Å². The summed E-state index contributed by atoms with van der Waals surface area (Å²) < 4.78 is 11.4. The molecule has 0 spiro atoms. The summed E-state index contributed by atoms with van der Waals surface area (Å²) in [5.41, 5.74) is 1.64. The van der Waals surface area contributed by atoms with E-state index in [1.54, 1.807) is 44.4 Å². The second kappa shape index (κ2) is 7.31. The van der Waals surface area contributed by atoms with Crippen LogP contribution in [-0.4, -0.2) is 32.1 Å². The predicted octanol–water partition coefficient (Wildman–Crippen LogP) is 3.74. The monoisotopic (exact) mass is 363 g/mol. The van der Waals surface area contributed by atoms with Crippen molar-refractivity contribution < 1.29 is 14.3 Å². The van der Waals surface area contributed by atoms with Crippen LogP contribution in [-0.2, 0) is 6.54 Å². The van der Waals surface area contributed by atoms with Crippen LogP contribution in [0.5, 0.6) is 11.5 Å². The van der Waals surface area contributed by atoms with Gasteiger partial charge >= 0.3 is 0 Å². The SMILES string of the molecule is COc1ccc(C(=O)N(C)Cc2ccc(Br)cc2)cc1OC. The molecule has 4 nitrogen and oxygen atoms in total. The minimum absolute atomic E-state index is 0.0659. The number of nitrogens with zero attached hydrogens (tertiary/aromatic N) is 1. The molecule has 2 aromatic carbocycles. The molecule has 0 aromatic heterocycles. The van der Waals surface area contributed by atoms with Crippen LogP contribution in [0.4, 0.5) is 0 Å². The van der Waals surface area contributed by atoms with Crippen molar-refractivity contribution in [2.45, 2.75) is 6.54 Å². The molecule has 0 radical (unpaired) electrons. The number of rotatable bonds is 5. The Morgan fingerprint density at radius 3 is 2.27 bits per heavy atom. The molecule has 5 heteroatoms. The average molecular weight is 364 g/mol. The first-order valence-electron chi connectivity index (χ1n) is 6.77. The second-order valence-corrected chi connectivity index (χ2v) is 5.77. The van der Waals surface area contributed by atoms with Gasteiger partial charge in [0.05, 0.1) is 14.2 Å². The Kier molecular flexibility index (Phi) is 5.44. The van der Waals surface area contributed by atoms with Crippen molar-refractivity contribution >= 4 is 21.8 Å². The largest absolute Gasteiger partial charge is 0.493 e. The fourth-order valence-corrected chi connectivity index (χ4v) is 2.39. The molecule has 0 bridgehead atoms. The van der Waals surface area contributed by atoms with Gasteiger partial charge in [-0.1, -0.05) is 28.1 Å². The smallest absolute Gasteiger partial charge is 0.254 e. The highest BCUT2D eigenvalue weighted by atomic mass is 79.9. The van der Waals surface area contributed by atoms with Gasteiger partial charge in [-0.15, -0.1) is 0 Å². The number of methoxy groups -OCH3 is 2. The first-order chi connectivity index (χ1) is 10.5. The van der Waals surface area contributed by atoms with Gasteiger partial charge in [-0.05, 0) is 35.9 Å². The molecule has 2 aromatic rings. The van der Waals surface area contributed by atoms with E-state index in [4.69, 9.17) is 9.47 Å². The number of hydrogen-bond donors (Lipinski definition) is 0. The van der Waals surface area contributed by atoms with E-state index in [0.29, 0.717) is 23.6 Å². The number of amides is 1. The Hall–Kier alpha value is -2.01. The molecular weight excluding hydrogens is 346 g/mol. The summed E-state index contributed by atoms with van der Waals surface area (Å²) in [6.07, 6.45) is 0. The van der Waals surface area contributed by atoms with E-state index in [2.05, 4.69) is 15.9 Å². The van der Waals surface area contributed by atoms with Crippen LogP contribution in [0.1, 0.15) is 15.9 Å². The predicted molar refractivity (Wildman–Crippen MR) is 89.5 cm³/mol. The highest BCUT2D eigenvalue weighted by Crippen LogP contribution is 2.28. The van der Waals surface area contributed by atoms with Crippen LogP contribution in [0.3, 0.4) is 0 Å². The van der Waals surface area contributed by atoms with E-state index in [0.717, 1.165) is 10.0 Å². The molecule has 0 unspecified atom stereocenters.